The van der Waals surface area contributed by atoms with Crippen LogP contribution in [-0.2, 0) is 12.4 Å². The number of nitrogens with two attached hydrogens (primary N) is 2. The van der Waals surface area contributed by atoms with Gasteiger partial charge in [0.25, 0.3) is 0 Å². The molecule has 0 aliphatic rings. The van der Waals surface area contributed by atoms with Crippen LogP contribution in [-0.4, -0.2) is 22.2 Å². The Morgan fingerprint density at radius 2 is 0.964 bits per heavy atom. The lowest BCUT2D eigenvalue weighted by Crippen LogP contribution is -2.20. The van der Waals surface area contributed by atoms with E-state index in [4.69, 9.17) is 21.7 Å². The number of carboxylic acid groups (broad SMARTS) is 2. The molecule has 0 spiro atoms. The van der Waals surface area contributed by atoms with E-state index in [0.717, 1.165) is 0 Å². The van der Waals surface area contributed by atoms with E-state index in [2.05, 4.69) is 0 Å². The molecule has 0 fully saturated rings. The molecule has 6 nitrogen and oxygen atoms in total. The van der Waals surface area contributed by atoms with Crippen molar-refractivity contribution in [2.24, 2.45) is 0 Å². The summed E-state index contributed by atoms with van der Waals surface area (Å²) in [6, 6.07) is 2.45. The average Bonchev–Trinajstić information content (AvgIpc) is 2.52. The van der Waals surface area contributed by atoms with Crippen molar-refractivity contribution in [3.8, 4) is 11.1 Å². The van der Waals surface area contributed by atoms with E-state index in [1.54, 1.807) is 0 Å². The molecule has 12 heteroatoms. The Balaban J connectivity index is 3.10. The van der Waals surface area contributed by atoms with Crippen molar-refractivity contribution in [1.29, 1.82) is 0 Å². The topological polar surface area (TPSA) is 127 Å². The standard InChI is InChI=1S/C16H10F6N2O4/c17-15(18,19)11-5(1-3-7(23)9(11)13(25)26)6-2-4-8(24)10(14(27)28)12(6)16(20,21)22/h1-4H,23-24H2,(H,25,26)(H,27,28). The first-order valence-electron chi connectivity index (χ1n) is 7.14. The molecule has 6 N–H and O–H groups in total. The zero-order chi connectivity index (χ0) is 21.6. The van der Waals surface area contributed by atoms with Gasteiger partial charge in [0.1, 0.15) is 0 Å². The van der Waals surface area contributed by atoms with Gasteiger partial charge < -0.3 is 21.7 Å². The van der Waals surface area contributed by atoms with Crippen LogP contribution in [0.5, 0.6) is 0 Å². The zero-order valence-electron chi connectivity index (χ0n) is 13.4. The highest BCUT2D eigenvalue weighted by Crippen LogP contribution is 2.47. The van der Waals surface area contributed by atoms with Gasteiger partial charge in [0.2, 0.25) is 0 Å². The fourth-order valence-corrected chi connectivity index (χ4v) is 2.74. The first-order valence-corrected chi connectivity index (χ1v) is 7.14. The minimum Gasteiger partial charge on any atom is -0.478 e. The average molecular weight is 408 g/mol. The van der Waals surface area contributed by atoms with Gasteiger partial charge in [-0.15, -0.1) is 0 Å². The number of alkyl halides is 6. The number of hydrogen-bond donors (Lipinski definition) is 4. The van der Waals surface area contributed by atoms with Gasteiger partial charge in [-0.25, -0.2) is 9.59 Å². The summed E-state index contributed by atoms with van der Waals surface area (Å²) in [5, 5.41) is 18.2. The predicted molar refractivity (Wildman–Crippen MR) is 84.6 cm³/mol. The van der Waals surface area contributed by atoms with Gasteiger partial charge in [0, 0.05) is 11.4 Å². The molecule has 0 saturated heterocycles. The highest BCUT2D eigenvalue weighted by atomic mass is 19.4. The normalized spacial score (nSPS) is 12.1. The summed E-state index contributed by atoms with van der Waals surface area (Å²) in [6.07, 6.45) is -10.8. The van der Waals surface area contributed by atoms with Gasteiger partial charge in [-0.2, -0.15) is 26.3 Å². The molecule has 0 radical (unpaired) electrons. The lowest BCUT2D eigenvalue weighted by molar-refractivity contribution is -0.139. The molecule has 150 valence electrons. The number of aromatic carboxylic acids is 2. The lowest BCUT2D eigenvalue weighted by Gasteiger charge is -2.22. The second kappa shape index (κ2) is 6.62. The molecule has 0 aliphatic carbocycles. The van der Waals surface area contributed by atoms with Gasteiger partial charge in [-0.1, -0.05) is 12.1 Å². The molecule has 0 saturated carbocycles. The number of carbonyl (C=O) groups is 2. The molecular weight excluding hydrogens is 398 g/mol. The molecular formula is C16H10F6N2O4. The van der Waals surface area contributed by atoms with E-state index in [9.17, 15) is 35.9 Å². The summed E-state index contributed by atoms with van der Waals surface area (Å²) in [6.45, 7) is 0. The Bertz CT molecular complexity index is 903. The van der Waals surface area contributed by atoms with Gasteiger partial charge in [0.05, 0.1) is 22.3 Å². The molecule has 28 heavy (non-hydrogen) atoms. The predicted octanol–water partition coefficient (Wildman–Crippen LogP) is 3.95. The minimum absolute atomic E-state index is 0.539. The van der Waals surface area contributed by atoms with Crippen molar-refractivity contribution < 1.29 is 46.1 Å². The number of carboxylic acids is 2. The smallest absolute Gasteiger partial charge is 0.417 e. The number of hydrogen-bond acceptors (Lipinski definition) is 4. The summed E-state index contributed by atoms with van der Waals surface area (Å²) in [7, 11) is 0. The van der Waals surface area contributed by atoms with Crippen LogP contribution in [0.1, 0.15) is 31.8 Å². The van der Waals surface area contributed by atoms with E-state index in [-0.39, 0.29) is 0 Å². The molecule has 2 rings (SSSR count). The van der Waals surface area contributed by atoms with Crippen LogP contribution < -0.4 is 11.5 Å². The van der Waals surface area contributed by atoms with Crippen LogP contribution in [0.4, 0.5) is 37.7 Å². The van der Waals surface area contributed by atoms with E-state index in [1.807, 2.05) is 0 Å². The van der Waals surface area contributed by atoms with Crippen molar-refractivity contribution in [1.82, 2.24) is 0 Å². The monoisotopic (exact) mass is 408 g/mol. The lowest BCUT2D eigenvalue weighted by atomic mass is 9.88. The third-order valence-corrected chi connectivity index (χ3v) is 3.76. The van der Waals surface area contributed by atoms with Crippen molar-refractivity contribution in [2.75, 3.05) is 11.5 Å². The fourth-order valence-electron chi connectivity index (χ4n) is 2.74. The molecule has 0 heterocycles. The maximum Gasteiger partial charge on any atom is 0.417 e. The maximum atomic E-state index is 13.6. The van der Waals surface area contributed by atoms with Crippen LogP contribution in [0.3, 0.4) is 0 Å². The molecule has 0 bridgehead atoms. The van der Waals surface area contributed by atoms with Crippen molar-refractivity contribution in [3.63, 3.8) is 0 Å². The summed E-state index contributed by atoms with van der Waals surface area (Å²) >= 11 is 0. The van der Waals surface area contributed by atoms with Crippen molar-refractivity contribution in [3.05, 3.63) is 46.5 Å². The first kappa shape index (κ1) is 20.9. The van der Waals surface area contributed by atoms with Crippen LogP contribution in [0.15, 0.2) is 24.3 Å². The summed E-state index contributed by atoms with van der Waals surface area (Å²) in [5.41, 5.74) is -0.287. The zero-order valence-corrected chi connectivity index (χ0v) is 13.4. The molecule has 0 aromatic heterocycles. The molecule has 0 unspecified atom stereocenters. The molecule has 0 amide bonds. The van der Waals surface area contributed by atoms with E-state index >= 15 is 0 Å². The summed E-state index contributed by atoms with van der Waals surface area (Å²) in [4.78, 5) is 22.5. The molecule has 2 aromatic rings. The SMILES string of the molecule is Nc1ccc(-c2ccc(N)c(C(=O)O)c2C(F)(F)F)c(C(F)(F)F)c1C(=O)O. The van der Waals surface area contributed by atoms with Crippen LogP contribution in [0, 0.1) is 0 Å². The Labute approximate surface area is 152 Å². The van der Waals surface area contributed by atoms with Gasteiger partial charge in [0.15, 0.2) is 0 Å². The fraction of sp³-hybridized carbons (Fsp3) is 0.125. The quantitative estimate of drug-likeness (QED) is 0.450. The minimum atomic E-state index is -5.41. The second-order valence-corrected chi connectivity index (χ2v) is 5.51. The van der Waals surface area contributed by atoms with Gasteiger partial charge in [-0.3, -0.25) is 0 Å². The highest BCUT2D eigenvalue weighted by Gasteiger charge is 2.44. The van der Waals surface area contributed by atoms with E-state index < -0.39 is 69.0 Å². The van der Waals surface area contributed by atoms with Gasteiger partial charge in [-0.05, 0) is 23.3 Å². The van der Waals surface area contributed by atoms with Crippen LogP contribution >= 0.6 is 0 Å². The first-order chi connectivity index (χ1) is 12.7. The second-order valence-electron chi connectivity index (χ2n) is 5.51. The van der Waals surface area contributed by atoms with Crippen LogP contribution in [0.25, 0.3) is 11.1 Å². The van der Waals surface area contributed by atoms with Crippen LogP contribution in [0.2, 0.25) is 0 Å². The Morgan fingerprint density at radius 1 is 0.679 bits per heavy atom. The molecule has 0 aliphatic heterocycles. The number of nitrogen functional groups attached to an aromatic ring is 2. The van der Waals surface area contributed by atoms with Crippen molar-refractivity contribution >= 4 is 23.3 Å². The Hall–Kier alpha value is -3.44. The molecule has 2 aromatic carbocycles. The largest absolute Gasteiger partial charge is 0.478 e. The van der Waals surface area contributed by atoms with Gasteiger partial charge >= 0.3 is 24.3 Å². The third kappa shape index (κ3) is 3.52. The Kier molecular flexibility index (Phi) is 4.93. The number of benzene rings is 2. The summed E-state index contributed by atoms with van der Waals surface area (Å²) in [5.74, 6) is -4.23. The van der Waals surface area contributed by atoms with E-state index in [0.29, 0.717) is 24.3 Å². The highest BCUT2D eigenvalue weighted by molar-refractivity contribution is 6.01. The number of halogens is 6. The maximum absolute atomic E-state index is 13.6. The summed E-state index contributed by atoms with van der Waals surface area (Å²) < 4.78 is 81.4. The third-order valence-electron chi connectivity index (χ3n) is 3.76. The Morgan fingerprint density at radius 3 is 1.18 bits per heavy atom. The molecule has 0 atom stereocenters. The van der Waals surface area contributed by atoms with Crippen molar-refractivity contribution in [2.45, 2.75) is 12.4 Å². The number of anilines is 2. The number of rotatable bonds is 3. The van der Waals surface area contributed by atoms with E-state index in [1.165, 1.54) is 0 Å².